The molecule has 0 saturated carbocycles. The molecular formula is C80H124N8O32. The minimum Gasteiger partial charge on any atom is -0.480 e. The van der Waals surface area contributed by atoms with E-state index < -0.39 is 244 Å². The number of nitrogens with one attached hydrogen (secondary N) is 2. The van der Waals surface area contributed by atoms with Crippen LogP contribution in [0.2, 0.25) is 0 Å². The summed E-state index contributed by atoms with van der Waals surface area (Å²) in [5.74, 6) is -14.2. The van der Waals surface area contributed by atoms with E-state index in [-0.39, 0.29) is 26.3 Å². The van der Waals surface area contributed by atoms with E-state index in [2.05, 4.69) is 10.6 Å². The minimum atomic E-state index is -1.31. The van der Waals surface area contributed by atoms with E-state index in [4.69, 9.17) is 67.8 Å². The third kappa shape index (κ3) is 61.7. The van der Waals surface area contributed by atoms with E-state index >= 15 is 0 Å². The summed E-state index contributed by atoms with van der Waals surface area (Å²) in [6, 6.07) is 17.4. The fourth-order valence-corrected chi connectivity index (χ4v) is 8.79. The molecule has 6 amide bonds. The van der Waals surface area contributed by atoms with Crippen molar-refractivity contribution in [1.82, 2.24) is 40.0 Å². The van der Waals surface area contributed by atoms with Crippen LogP contribution >= 0.6 is 0 Å². The first-order chi connectivity index (χ1) is 54.5. The molecule has 0 aliphatic carbocycles. The molecule has 676 valence electrons. The van der Waals surface area contributed by atoms with E-state index in [1.165, 1.54) is 0 Å². The molecule has 0 saturated heterocycles. The van der Waals surface area contributed by atoms with Gasteiger partial charge in [-0.2, -0.15) is 0 Å². The second kappa shape index (κ2) is 51.0. The number of carbonyl (C=O) groups is 18. The first-order valence-electron chi connectivity index (χ1n) is 37.6. The molecule has 40 heteroatoms. The zero-order valence-electron chi connectivity index (χ0n) is 73.4. The van der Waals surface area contributed by atoms with Crippen LogP contribution in [0, 0.1) is 0 Å². The maximum Gasteiger partial charge on any atom is 0.411 e. The molecule has 120 heavy (non-hydrogen) atoms. The van der Waals surface area contributed by atoms with Gasteiger partial charge in [0.2, 0.25) is 23.6 Å². The molecule has 2 aromatic carbocycles. The summed E-state index contributed by atoms with van der Waals surface area (Å²) < 4.78 is 52.7. The lowest BCUT2D eigenvalue weighted by atomic mass is 10.2. The Kier molecular flexibility index (Phi) is 47.0. The smallest absolute Gasteiger partial charge is 0.411 e. The number of carboxylic acid groups (broad SMARTS) is 4. The number of nitrogens with zero attached hydrogens (tertiary/aromatic N) is 6. The molecule has 0 radical (unpaired) electrons. The van der Waals surface area contributed by atoms with Gasteiger partial charge in [0.25, 0.3) is 0 Å². The van der Waals surface area contributed by atoms with Crippen molar-refractivity contribution in [3.8, 4) is 0 Å². The molecule has 6 N–H and O–H groups in total. The second-order valence-corrected chi connectivity index (χ2v) is 34.3. The first kappa shape index (κ1) is 110. The summed E-state index contributed by atoms with van der Waals surface area (Å²) in [5, 5.41) is 37.9. The average Bonchev–Trinajstić information content (AvgIpc) is 0.853. The lowest BCUT2D eigenvalue weighted by Gasteiger charge is -2.30. The molecule has 2 rings (SSSR count). The molecule has 0 aliphatic rings. The average molecular weight is 1710 g/mol. The number of carbonyl (C=O) groups excluding carboxylic acids is 14. The van der Waals surface area contributed by atoms with Crippen LogP contribution in [0.1, 0.15) is 177 Å². The highest BCUT2D eigenvalue weighted by Crippen LogP contribution is 2.17. The van der Waals surface area contributed by atoms with Crippen LogP contribution in [0.5, 0.6) is 0 Å². The standard InChI is InChI=1S/C36H55N3O12.C28H49N3O10.C12H13NO6.C4H7NO4/c1-33(2,3)48-28(42)20-37(21-29(43)49-34(4,5)6)26(40)18-39(32(46)47-24-25-16-14-13-15-17-25)19-27(41)38(22-30(44)50-35(7,8)9)23-31(45)51-36(10,11)12;1-25(2,3)38-21(34)15-30(16-22(35)39-26(4,5)6)19(32)13-29-14-20(33)31(17-23(36)40-27(7,8)9)18-24(37)41-28(10,11)12;14-10(15)6-13(7-11(16)17)12(18)19-8-9-4-2-1-3-5-9;6-3(7)1-5-2-4(8)9/h13-17H,18-24H2,1-12H3;29H,13-18H2,1-12H3;1-5H,6-8H2,(H,14,15)(H,16,17);5H,1-2H2,(H,6,7)(H,8,9). The summed E-state index contributed by atoms with van der Waals surface area (Å²) in [6.45, 7) is 29.8. The lowest BCUT2D eigenvalue weighted by Crippen LogP contribution is -2.52. The maximum atomic E-state index is 13.7. The Morgan fingerprint density at radius 2 is 0.425 bits per heavy atom. The molecule has 0 fully saturated rings. The van der Waals surface area contributed by atoms with Crippen molar-refractivity contribution in [2.75, 3.05) is 105 Å². The van der Waals surface area contributed by atoms with Gasteiger partial charge in [-0.25, -0.2) is 9.59 Å². The van der Waals surface area contributed by atoms with Crippen molar-refractivity contribution < 1.29 is 154 Å². The zero-order valence-corrected chi connectivity index (χ0v) is 73.4. The summed E-state index contributed by atoms with van der Waals surface area (Å²) in [7, 11) is 0. The molecule has 0 aromatic heterocycles. The van der Waals surface area contributed by atoms with Crippen molar-refractivity contribution in [2.45, 2.75) is 224 Å². The molecular weight excluding hydrogens is 1580 g/mol. The van der Waals surface area contributed by atoms with Gasteiger partial charge >= 0.3 is 83.8 Å². The van der Waals surface area contributed by atoms with Crippen LogP contribution < -0.4 is 10.6 Å². The van der Waals surface area contributed by atoms with Gasteiger partial charge in [0, 0.05) is 0 Å². The van der Waals surface area contributed by atoms with Gasteiger partial charge in [-0.15, -0.1) is 0 Å². The van der Waals surface area contributed by atoms with E-state index in [0.29, 0.717) is 10.5 Å². The van der Waals surface area contributed by atoms with Gasteiger partial charge in [0.05, 0.1) is 26.2 Å². The highest BCUT2D eigenvalue weighted by Gasteiger charge is 2.35. The Morgan fingerprint density at radius 1 is 0.242 bits per heavy atom. The summed E-state index contributed by atoms with van der Waals surface area (Å²) in [6.07, 6.45) is -2.09. The monoisotopic (exact) mass is 1710 g/mol. The maximum absolute atomic E-state index is 13.7. The highest BCUT2D eigenvalue weighted by molar-refractivity contribution is 5.93. The predicted molar refractivity (Wildman–Crippen MR) is 426 cm³/mol. The SMILES string of the molecule is CC(C)(C)OC(=O)CN(CC(=O)OC(C)(C)C)C(=O)CN(CC(=O)N(CC(=O)OC(C)(C)C)CC(=O)OC(C)(C)C)C(=O)OCc1ccccc1.CC(C)(C)OC(=O)CN(CC(=O)OC(C)(C)C)C(=O)CNCC(=O)N(CC(=O)OC(C)(C)C)CC(=O)OC(C)(C)C.O=C(O)CN(CC(=O)O)C(=O)OCc1ccccc1.O=C(O)CNCC(=O)O. The normalized spacial score (nSPS) is 11.4. The Morgan fingerprint density at radius 3 is 0.608 bits per heavy atom. The molecule has 0 unspecified atom stereocenters. The fourth-order valence-electron chi connectivity index (χ4n) is 8.79. The summed E-state index contributed by atoms with van der Waals surface area (Å²) in [4.78, 5) is 224. The van der Waals surface area contributed by atoms with E-state index in [1.54, 1.807) is 227 Å². The van der Waals surface area contributed by atoms with E-state index in [0.717, 1.165) is 30.1 Å². The van der Waals surface area contributed by atoms with Crippen molar-refractivity contribution in [3.63, 3.8) is 0 Å². The molecule has 40 nitrogen and oxygen atoms in total. The number of benzene rings is 2. The largest absolute Gasteiger partial charge is 0.480 e. The van der Waals surface area contributed by atoms with Gasteiger partial charge in [0.15, 0.2) is 0 Å². The number of hydrogen-bond donors (Lipinski definition) is 6. The van der Waals surface area contributed by atoms with Gasteiger partial charge in [-0.1, -0.05) is 60.7 Å². The second-order valence-electron chi connectivity index (χ2n) is 34.3. The lowest BCUT2D eigenvalue weighted by molar-refractivity contribution is -0.165. The van der Waals surface area contributed by atoms with Crippen LogP contribution in [0.15, 0.2) is 60.7 Å². The van der Waals surface area contributed by atoms with Crippen LogP contribution in [0.3, 0.4) is 0 Å². The number of hydrogen-bond acceptors (Lipinski definition) is 30. The minimum absolute atomic E-state index is 0.0462. The third-order valence-corrected chi connectivity index (χ3v) is 12.7. The predicted octanol–water partition coefficient (Wildman–Crippen LogP) is 4.79. The fraction of sp³-hybridized carbons (Fsp3) is 0.625. The number of rotatable bonds is 36. The molecule has 0 bridgehead atoms. The highest BCUT2D eigenvalue weighted by atomic mass is 16.6. The van der Waals surface area contributed by atoms with Crippen LogP contribution in [0.4, 0.5) is 9.59 Å². The number of carboxylic acids is 4. The van der Waals surface area contributed by atoms with Crippen LogP contribution in [-0.4, -0.2) is 307 Å². The Hall–Kier alpha value is -11.6. The summed E-state index contributed by atoms with van der Waals surface area (Å²) >= 11 is 0. The van der Waals surface area contributed by atoms with Gasteiger partial charge in [-0.05, 0) is 177 Å². The molecule has 0 atom stereocenters. The van der Waals surface area contributed by atoms with E-state index in [9.17, 15) is 86.3 Å². The van der Waals surface area contributed by atoms with Crippen molar-refractivity contribution in [1.29, 1.82) is 0 Å². The van der Waals surface area contributed by atoms with Crippen molar-refractivity contribution in [2.24, 2.45) is 0 Å². The number of aliphatic carboxylic acids is 4. The van der Waals surface area contributed by atoms with E-state index in [1.807, 2.05) is 0 Å². The summed E-state index contributed by atoms with van der Waals surface area (Å²) in [5.41, 5.74) is -5.57. The number of esters is 8. The Balaban J connectivity index is 0. The molecule has 0 spiro atoms. The van der Waals surface area contributed by atoms with Gasteiger partial charge in [-0.3, -0.25) is 97.1 Å². The van der Waals surface area contributed by atoms with Crippen molar-refractivity contribution in [3.05, 3.63) is 71.8 Å². The van der Waals surface area contributed by atoms with Gasteiger partial charge in [0.1, 0.15) is 137 Å². The molecule has 2 aromatic rings. The third-order valence-electron chi connectivity index (χ3n) is 12.7. The van der Waals surface area contributed by atoms with Crippen LogP contribution in [0.25, 0.3) is 0 Å². The zero-order chi connectivity index (χ0) is 93.3. The van der Waals surface area contributed by atoms with Crippen LogP contribution in [-0.2, 0) is 137 Å². The number of amides is 6. The Bertz CT molecular complexity index is 3450. The first-order valence-corrected chi connectivity index (χ1v) is 37.6. The van der Waals surface area contributed by atoms with Crippen molar-refractivity contribution >= 4 is 107 Å². The Labute approximate surface area is 699 Å². The quantitative estimate of drug-likeness (QED) is 0.0394. The topological polar surface area (TPSA) is 524 Å². The number of ether oxygens (including phenoxy) is 10. The molecule has 0 heterocycles. The van der Waals surface area contributed by atoms with Gasteiger partial charge < -0.3 is 87.4 Å². The molecule has 0 aliphatic heterocycles.